The highest BCUT2D eigenvalue weighted by atomic mass is 32.1. The maximum atomic E-state index is 4.71. The molecule has 33 heavy (non-hydrogen) atoms. The highest BCUT2D eigenvalue weighted by Crippen LogP contribution is 2.29. The predicted molar refractivity (Wildman–Crippen MR) is 130 cm³/mol. The van der Waals surface area contributed by atoms with Crippen molar-refractivity contribution in [1.29, 1.82) is 0 Å². The Bertz CT molecular complexity index is 1210. The van der Waals surface area contributed by atoms with Gasteiger partial charge in [-0.15, -0.1) is 0 Å². The Hall–Kier alpha value is -2.82. The molecule has 2 aliphatic heterocycles. The minimum absolute atomic E-state index is 0.742. The minimum Gasteiger partial charge on any atom is -0.327 e. The molecule has 0 spiro atoms. The molecule has 4 aromatic heterocycles. The molecule has 2 N–H and O–H groups in total. The lowest BCUT2D eigenvalue weighted by molar-refractivity contribution is 0.122. The second-order valence-corrected chi connectivity index (χ2v) is 10.2. The molecule has 0 aromatic carbocycles. The number of H-pyrrole nitrogens is 1. The number of thiazole rings is 1. The Morgan fingerprint density at radius 3 is 2.73 bits per heavy atom. The van der Waals surface area contributed by atoms with Crippen molar-refractivity contribution in [3.63, 3.8) is 0 Å². The highest BCUT2D eigenvalue weighted by molar-refractivity contribution is 7.15. The standard InChI is InChI=1S/C23H29N9S/c1-16-14-32-19(17-10-26-27-11-17)12-25-23(32)22(28-16)29-20-13-24-21(33-20)15-30-8-4-18(5-9-30)31-6-2-3-7-31/h10-14,18H,2-9,15H2,1H3,(H,26,27)(H,28,29). The number of fused-ring (bicyclic) bond motifs is 1. The molecule has 10 heteroatoms. The summed E-state index contributed by atoms with van der Waals surface area (Å²) < 4.78 is 2.06. The summed E-state index contributed by atoms with van der Waals surface area (Å²) in [7, 11) is 0. The molecular formula is C23H29N9S. The second kappa shape index (κ2) is 8.85. The molecular weight excluding hydrogens is 434 g/mol. The zero-order chi connectivity index (χ0) is 22.2. The van der Waals surface area contributed by atoms with Gasteiger partial charge in [-0.1, -0.05) is 11.3 Å². The van der Waals surface area contributed by atoms with Crippen LogP contribution in [-0.2, 0) is 6.54 Å². The summed E-state index contributed by atoms with van der Waals surface area (Å²) in [5, 5.41) is 12.5. The average molecular weight is 464 g/mol. The van der Waals surface area contributed by atoms with Crippen LogP contribution in [0.1, 0.15) is 36.4 Å². The quantitative estimate of drug-likeness (QED) is 0.451. The van der Waals surface area contributed by atoms with Crippen molar-refractivity contribution in [1.82, 2.24) is 39.3 Å². The van der Waals surface area contributed by atoms with E-state index in [1.807, 2.05) is 31.7 Å². The topological polar surface area (TPSA) is 90.3 Å². The van der Waals surface area contributed by atoms with Crippen molar-refractivity contribution < 1.29 is 0 Å². The summed E-state index contributed by atoms with van der Waals surface area (Å²) in [5.41, 5.74) is 3.68. The van der Waals surface area contributed by atoms with Crippen LogP contribution in [0.3, 0.4) is 0 Å². The summed E-state index contributed by atoms with van der Waals surface area (Å²) in [6.45, 7) is 7.83. The Labute approximate surface area is 196 Å². The zero-order valence-electron chi connectivity index (χ0n) is 18.9. The number of hydrogen-bond donors (Lipinski definition) is 2. The van der Waals surface area contributed by atoms with E-state index in [9.17, 15) is 0 Å². The molecule has 172 valence electrons. The van der Waals surface area contributed by atoms with E-state index in [-0.39, 0.29) is 0 Å². The van der Waals surface area contributed by atoms with E-state index in [2.05, 4.69) is 39.7 Å². The fourth-order valence-corrected chi connectivity index (χ4v) is 5.96. The molecule has 4 aromatic rings. The molecule has 6 rings (SSSR count). The van der Waals surface area contributed by atoms with Gasteiger partial charge in [-0.3, -0.25) is 14.4 Å². The van der Waals surface area contributed by atoms with Gasteiger partial charge in [0.15, 0.2) is 11.5 Å². The summed E-state index contributed by atoms with van der Waals surface area (Å²) >= 11 is 1.70. The van der Waals surface area contributed by atoms with Crippen LogP contribution in [0.4, 0.5) is 10.8 Å². The van der Waals surface area contributed by atoms with Crippen molar-refractivity contribution in [3.8, 4) is 11.3 Å². The van der Waals surface area contributed by atoms with Gasteiger partial charge in [0.05, 0.1) is 36.5 Å². The molecule has 2 fully saturated rings. The van der Waals surface area contributed by atoms with Gasteiger partial charge in [0, 0.05) is 37.1 Å². The number of nitrogens with zero attached hydrogens (tertiary/aromatic N) is 7. The number of piperidine rings is 1. The van der Waals surface area contributed by atoms with Crippen molar-refractivity contribution in [2.75, 3.05) is 31.5 Å². The van der Waals surface area contributed by atoms with Crippen LogP contribution in [0.2, 0.25) is 0 Å². The SMILES string of the molecule is Cc1cn2c(-c3cn[nH]c3)cnc2c(Nc2cnc(CN3CCC(N4CCCC4)CC3)s2)n1. The number of hydrogen-bond acceptors (Lipinski definition) is 8. The van der Waals surface area contributed by atoms with Crippen molar-refractivity contribution in [3.05, 3.63) is 41.7 Å². The van der Waals surface area contributed by atoms with E-state index >= 15 is 0 Å². The number of aromatic amines is 1. The van der Waals surface area contributed by atoms with Crippen molar-refractivity contribution in [2.45, 2.75) is 45.2 Å². The fourth-order valence-electron chi connectivity index (χ4n) is 5.10. The number of likely N-dealkylation sites (tertiary alicyclic amines) is 2. The predicted octanol–water partition coefficient (Wildman–Crippen LogP) is 3.69. The molecule has 2 aliphatic rings. The van der Waals surface area contributed by atoms with E-state index in [1.54, 1.807) is 17.5 Å². The first-order valence-corrected chi connectivity index (χ1v) is 12.6. The summed E-state index contributed by atoms with van der Waals surface area (Å²) in [6.07, 6.45) is 14.8. The van der Waals surface area contributed by atoms with Gasteiger partial charge in [-0.2, -0.15) is 5.10 Å². The molecule has 0 saturated carbocycles. The summed E-state index contributed by atoms with van der Waals surface area (Å²) in [6, 6.07) is 0.786. The fraction of sp³-hybridized carbons (Fsp3) is 0.478. The van der Waals surface area contributed by atoms with Crippen LogP contribution < -0.4 is 5.32 Å². The Morgan fingerprint density at radius 1 is 1.09 bits per heavy atom. The van der Waals surface area contributed by atoms with E-state index in [4.69, 9.17) is 4.98 Å². The molecule has 6 heterocycles. The van der Waals surface area contributed by atoms with Crippen LogP contribution in [0, 0.1) is 6.92 Å². The number of aryl methyl sites for hydroxylation is 1. The number of aromatic nitrogens is 6. The molecule has 0 radical (unpaired) electrons. The molecule has 9 nitrogen and oxygen atoms in total. The molecule has 0 unspecified atom stereocenters. The molecule has 0 atom stereocenters. The number of anilines is 2. The van der Waals surface area contributed by atoms with Crippen molar-refractivity contribution >= 4 is 27.8 Å². The largest absolute Gasteiger partial charge is 0.327 e. The third kappa shape index (κ3) is 4.25. The van der Waals surface area contributed by atoms with Gasteiger partial charge < -0.3 is 10.2 Å². The summed E-state index contributed by atoms with van der Waals surface area (Å²) in [4.78, 5) is 19.3. The molecule has 0 amide bonds. The van der Waals surface area contributed by atoms with Crippen LogP contribution in [0.15, 0.2) is 31.0 Å². The normalized spacial score (nSPS) is 18.5. The van der Waals surface area contributed by atoms with E-state index < -0.39 is 0 Å². The highest BCUT2D eigenvalue weighted by Gasteiger charge is 2.26. The van der Waals surface area contributed by atoms with E-state index in [0.29, 0.717) is 0 Å². The van der Waals surface area contributed by atoms with E-state index in [1.165, 1.54) is 38.8 Å². The van der Waals surface area contributed by atoms with Gasteiger partial charge >= 0.3 is 0 Å². The third-order valence-electron chi connectivity index (χ3n) is 6.77. The second-order valence-electron chi connectivity index (χ2n) is 9.05. The molecule has 0 bridgehead atoms. The first kappa shape index (κ1) is 20.8. The summed E-state index contributed by atoms with van der Waals surface area (Å²) in [5.74, 6) is 0.742. The average Bonchev–Trinajstić information content (AvgIpc) is 3.61. The third-order valence-corrected chi connectivity index (χ3v) is 7.67. The van der Waals surface area contributed by atoms with Gasteiger partial charge in [-0.25, -0.2) is 15.0 Å². The number of imidazole rings is 1. The molecule has 0 aliphatic carbocycles. The lowest BCUT2D eigenvalue weighted by Crippen LogP contribution is -2.43. The van der Waals surface area contributed by atoms with E-state index in [0.717, 1.165) is 64.1 Å². The Kier molecular flexibility index (Phi) is 5.57. The first-order valence-electron chi connectivity index (χ1n) is 11.7. The first-order chi connectivity index (χ1) is 16.2. The number of nitrogens with one attached hydrogen (secondary N) is 2. The van der Waals surface area contributed by atoms with Crippen LogP contribution >= 0.6 is 11.3 Å². The lowest BCUT2D eigenvalue weighted by atomic mass is 10.0. The Morgan fingerprint density at radius 2 is 1.94 bits per heavy atom. The maximum absolute atomic E-state index is 4.71. The van der Waals surface area contributed by atoms with Crippen LogP contribution in [-0.4, -0.2) is 71.6 Å². The number of rotatable bonds is 6. The smallest absolute Gasteiger partial charge is 0.180 e. The van der Waals surface area contributed by atoms with Gasteiger partial charge in [0.2, 0.25) is 0 Å². The lowest BCUT2D eigenvalue weighted by Gasteiger charge is -2.36. The van der Waals surface area contributed by atoms with Gasteiger partial charge in [0.1, 0.15) is 10.0 Å². The monoisotopic (exact) mass is 463 g/mol. The maximum Gasteiger partial charge on any atom is 0.180 e. The van der Waals surface area contributed by atoms with Crippen LogP contribution in [0.25, 0.3) is 16.9 Å². The van der Waals surface area contributed by atoms with Crippen molar-refractivity contribution in [2.24, 2.45) is 0 Å². The Balaban J connectivity index is 1.14. The minimum atomic E-state index is 0.742. The van der Waals surface area contributed by atoms with Crippen LogP contribution in [0.5, 0.6) is 0 Å². The molecule has 2 saturated heterocycles. The zero-order valence-corrected chi connectivity index (χ0v) is 19.7. The van der Waals surface area contributed by atoms with Gasteiger partial charge in [-0.05, 0) is 45.7 Å². The van der Waals surface area contributed by atoms with Gasteiger partial charge in [0.25, 0.3) is 0 Å².